The van der Waals surface area contributed by atoms with Gasteiger partial charge in [-0.2, -0.15) is 0 Å². The number of fused-ring (bicyclic) bond motifs is 1. The fourth-order valence-electron chi connectivity index (χ4n) is 3.95. The smallest absolute Gasteiger partial charge is 0.260 e. The largest absolute Gasteiger partial charge is 0.483 e. The van der Waals surface area contributed by atoms with E-state index in [0.29, 0.717) is 0 Å². The Kier molecular flexibility index (Phi) is 5.21. The molecule has 4 nitrogen and oxygen atoms in total. The maximum absolute atomic E-state index is 12.5. The first-order valence-electron chi connectivity index (χ1n) is 8.84. The Morgan fingerprint density at radius 1 is 1.13 bits per heavy atom. The second kappa shape index (κ2) is 7.35. The highest BCUT2D eigenvalue weighted by atomic mass is 16.5. The van der Waals surface area contributed by atoms with Gasteiger partial charge in [0.1, 0.15) is 5.75 Å². The molecule has 1 fully saturated rings. The van der Waals surface area contributed by atoms with Crippen LogP contribution in [0.15, 0.2) is 24.3 Å². The van der Waals surface area contributed by atoms with Crippen LogP contribution in [-0.4, -0.2) is 44.1 Å². The number of nitrogens with zero attached hydrogens (tertiary/aromatic N) is 1. The number of rotatable bonds is 0. The van der Waals surface area contributed by atoms with E-state index in [4.69, 9.17) is 4.74 Å². The van der Waals surface area contributed by atoms with Crippen LogP contribution in [-0.2, 0) is 11.2 Å². The van der Waals surface area contributed by atoms with E-state index in [9.17, 15) is 4.79 Å². The molecule has 0 saturated carbocycles. The second-order valence-corrected chi connectivity index (χ2v) is 7.10. The molecule has 2 aliphatic rings. The van der Waals surface area contributed by atoms with Gasteiger partial charge in [0.2, 0.25) is 0 Å². The van der Waals surface area contributed by atoms with Crippen molar-refractivity contribution in [3.63, 3.8) is 0 Å². The van der Waals surface area contributed by atoms with Crippen LogP contribution < -0.4 is 10.1 Å². The van der Waals surface area contributed by atoms with Gasteiger partial charge < -0.3 is 15.0 Å². The highest BCUT2D eigenvalue weighted by molar-refractivity contribution is 5.77. The maximum Gasteiger partial charge on any atom is 0.260 e. The number of benzene rings is 1. The second-order valence-electron chi connectivity index (χ2n) is 7.10. The van der Waals surface area contributed by atoms with Crippen molar-refractivity contribution in [2.45, 2.75) is 38.5 Å². The van der Waals surface area contributed by atoms with Gasteiger partial charge in [-0.1, -0.05) is 24.6 Å². The van der Waals surface area contributed by atoms with Crippen molar-refractivity contribution in [3.05, 3.63) is 29.8 Å². The van der Waals surface area contributed by atoms with Crippen molar-refractivity contribution < 1.29 is 9.53 Å². The van der Waals surface area contributed by atoms with Crippen molar-refractivity contribution in [3.8, 4) is 5.75 Å². The summed E-state index contributed by atoms with van der Waals surface area (Å²) >= 11 is 0. The summed E-state index contributed by atoms with van der Waals surface area (Å²) in [5.41, 5.74) is 1.51. The summed E-state index contributed by atoms with van der Waals surface area (Å²) in [5, 5.41) is 3.45. The number of ether oxygens (including phenoxy) is 1. The molecule has 1 N–H and O–H groups in total. The Morgan fingerprint density at radius 3 is 2.74 bits per heavy atom. The molecule has 4 heteroatoms. The maximum atomic E-state index is 12.5. The first-order valence-corrected chi connectivity index (χ1v) is 8.84. The number of piperidine rings is 1. The van der Waals surface area contributed by atoms with Gasteiger partial charge in [0.05, 0.1) is 0 Å². The number of likely N-dealkylation sites (N-methyl/N-ethyl adjacent to an activating group) is 1. The number of para-hydroxylation sites is 1. The van der Waals surface area contributed by atoms with Crippen LogP contribution in [0.4, 0.5) is 0 Å². The molecular formula is C19H28N2O2. The lowest BCUT2D eigenvalue weighted by atomic mass is 9.74. The molecule has 23 heavy (non-hydrogen) atoms. The monoisotopic (exact) mass is 316 g/mol. The first-order chi connectivity index (χ1) is 11.2. The predicted octanol–water partition coefficient (Wildman–Crippen LogP) is 2.62. The van der Waals surface area contributed by atoms with Gasteiger partial charge in [-0.3, -0.25) is 4.79 Å². The molecule has 2 aliphatic heterocycles. The Labute approximate surface area is 139 Å². The molecule has 3 rings (SSSR count). The molecule has 1 amide bonds. The Balaban J connectivity index is 1.77. The fraction of sp³-hybridized carbons (Fsp3) is 0.632. The van der Waals surface area contributed by atoms with Crippen LogP contribution in [0.25, 0.3) is 0 Å². The lowest BCUT2D eigenvalue weighted by Gasteiger charge is -2.41. The van der Waals surface area contributed by atoms with Crippen LogP contribution in [0.3, 0.4) is 0 Å². The van der Waals surface area contributed by atoms with Crippen molar-refractivity contribution in [1.82, 2.24) is 10.2 Å². The SMILES string of the molecule is CN1CC2(CCCCc3ccccc3OCC1=O)CCNCC2. The van der Waals surface area contributed by atoms with Gasteiger partial charge in [0.25, 0.3) is 5.91 Å². The Morgan fingerprint density at radius 2 is 1.91 bits per heavy atom. The third kappa shape index (κ3) is 4.05. The number of carbonyl (C=O) groups is 1. The lowest BCUT2D eigenvalue weighted by Crippen LogP contribution is -2.46. The van der Waals surface area contributed by atoms with E-state index in [0.717, 1.165) is 31.8 Å². The van der Waals surface area contributed by atoms with E-state index >= 15 is 0 Å². The average molecular weight is 316 g/mol. The summed E-state index contributed by atoms with van der Waals surface area (Å²) in [6.45, 7) is 3.14. The summed E-state index contributed by atoms with van der Waals surface area (Å²) in [7, 11) is 1.92. The number of nitrogens with one attached hydrogen (secondary N) is 1. The zero-order chi connectivity index (χ0) is 16.1. The van der Waals surface area contributed by atoms with Crippen molar-refractivity contribution >= 4 is 5.91 Å². The summed E-state index contributed by atoms with van der Waals surface area (Å²) in [5.74, 6) is 0.949. The van der Waals surface area contributed by atoms with Gasteiger partial charge in [-0.15, -0.1) is 0 Å². The molecule has 0 radical (unpaired) electrons. The molecule has 2 heterocycles. The van der Waals surface area contributed by atoms with Gasteiger partial charge in [0.15, 0.2) is 6.61 Å². The van der Waals surface area contributed by atoms with Gasteiger partial charge >= 0.3 is 0 Å². The average Bonchev–Trinajstić information content (AvgIpc) is 2.57. The zero-order valence-electron chi connectivity index (χ0n) is 14.1. The molecule has 0 unspecified atom stereocenters. The topological polar surface area (TPSA) is 41.6 Å². The number of hydrogen-bond donors (Lipinski definition) is 1. The minimum Gasteiger partial charge on any atom is -0.483 e. The Bertz CT molecular complexity index is 538. The minimum atomic E-state index is 0.0817. The normalized spacial score (nSPS) is 22.7. The molecular weight excluding hydrogens is 288 g/mol. The van der Waals surface area contributed by atoms with Crippen molar-refractivity contribution in [2.75, 3.05) is 33.3 Å². The molecule has 1 saturated heterocycles. The van der Waals surface area contributed by atoms with Crippen LogP contribution in [0.2, 0.25) is 0 Å². The van der Waals surface area contributed by atoms with Crippen LogP contribution in [0, 0.1) is 5.41 Å². The zero-order valence-corrected chi connectivity index (χ0v) is 14.1. The quantitative estimate of drug-likeness (QED) is 0.800. The van der Waals surface area contributed by atoms with E-state index < -0.39 is 0 Å². The van der Waals surface area contributed by atoms with Crippen LogP contribution in [0.5, 0.6) is 5.75 Å². The molecule has 1 aromatic carbocycles. The third-order valence-corrected chi connectivity index (χ3v) is 5.39. The summed E-state index contributed by atoms with van der Waals surface area (Å²) in [6.07, 6.45) is 7.00. The fourth-order valence-corrected chi connectivity index (χ4v) is 3.95. The summed E-state index contributed by atoms with van der Waals surface area (Å²) in [6, 6.07) is 8.12. The van der Waals surface area contributed by atoms with Gasteiger partial charge in [0, 0.05) is 13.6 Å². The van der Waals surface area contributed by atoms with E-state index in [2.05, 4.69) is 17.4 Å². The molecule has 0 atom stereocenters. The summed E-state index contributed by atoms with van der Waals surface area (Å²) < 4.78 is 5.82. The first kappa shape index (κ1) is 16.3. The Hall–Kier alpha value is -1.55. The van der Waals surface area contributed by atoms with Gasteiger partial charge in [-0.05, 0) is 62.2 Å². The third-order valence-electron chi connectivity index (χ3n) is 5.39. The molecule has 1 aromatic rings. The summed E-state index contributed by atoms with van der Waals surface area (Å²) in [4.78, 5) is 14.3. The standard InChI is InChI=1S/C19H28N2O2/c1-21-15-19(10-12-20-13-11-19)9-5-4-7-16-6-2-3-8-17(16)23-14-18(21)22/h2-3,6,8,20H,4-5,7,9-15H2,1H3. The number of amides is 1. The van der Waals surface area contributed by atoms with E-state index in [1.165, 1.54) is 37.7 Å². The number of aryl methyl sites for hydroxylation is 1. The number of carbonyl (C=O) groups excluding carboxylic acids is 1. The van der Waals surface area contributed by atoms with Crippen LogP contribution in [0.1, 0.15) is 37.7 Å². The van der Waals surface area contributed by atoms with Gasteiger partial charge in [-0.25, -0.2) is 0 Å². The highest BCUT2D eigenvalue weighted by Gasteiger charge is 2.34. The van der Waals surface area contributed by atoms with E-state index in [1.54, 1.807) is 0 Å². The van der Waals surface area contributed by atoms with E-state index in [1.807, 2.05) is 24.1 Å². The molecule has 1 spiro atoms. The molecule has 0 aromatic heterocycles. The molecule has 0 bridgehead atoms. The van der Waals surface area contributed by atoms with Crippen molar-refractivity contribution in [1.29, 1.82) is 0 Å². The molecule has 0 aliphatic carbocycles. The van der Waals surface area contributed by atoms with Crippen LogP contribution >= 0.6 is 0 Å². The predicted molar refractivity (Wildman–Crippen MR) is 91.7 cm³/mol. The van der Waals surface area contributed by atoms with Crippen molar-refractivity contribution in [2.24, 2.45) is 5.41 Å². The molecule has 126 valence electrons. The lowest BCUT2D eigenvalue weighted by molar-refractivity contribution is -0.134. The minimum absolute atomic E-state index is 0.0817. The number of hydrogen-bond acceptors (Lipinski definition) is 3. The van der Waals surface area contributed by atoms with E-state index in [-0.39, 0.29) is 17.9 Å². The highest BCUT2D eigenvalue weighted by Crippen LogP contribution is 2.36.